The van der Waals surface area contributed by atoms with E-state index in [2.05, 4.69) is 70.3 Å². The van der Waals surface area contributed by atoms with Gasteiger partial charge in [0.25, 0.3) is 0 Å². The highest BCUT2D eigenvalue weighted by Gasteiger charge is 2.19. The maximum atomic E-state index is 4.78. The van der Waals surface area contributed by atoms with Gasteiger partial charge in [-0.25, -0.2) is 0 Å². The lowest BCUT2D eigenvalue weighted by Crippen LogP contribution is -2.50. The number of hydrogen-bond acceptors (Lipinski definition) is 3. The second-order valence-corrected chi connectivity index (χ2v) is 6.39. The molecule has 1 aliphatic rings. The van der Waals surface area contributed by atoms with Gasteiger partial charge in [0.2, 0.25) is 0 Å². The fourth-order valence-electron chi connectivity index (χ4n) is 3.02. The van der Waals surface area contributed by atoms with E-state index in [9.17, 15) is 0 Å². The van der Waals surface area contributed by atoms with E-state index in [4.69, 9.17) is 4.99 Å². The monoisotopic (exact) mass is 334 g/mol. The first kappa shape index (κ1) is 18.8. The van der Waals surface area contributed by atoms with Crippen molar-refractivity contribution in [3.05, 3.63) is 24.5 Å². The highest BCUT2D eigenvalue weighted by molar-refractivity contribution is 5.79. The molecule has 2 heterocycles. The zero-order valence-corrected chi connectivity index (χ0v) is 15.5. The van der Waals surface area contributed by atoms with Crippen molar-refractivity contribution in [3.8, 4) is 0 Å². The van der Waals surface area contributed by atoms with E-state index in [0.29, 0.717) is 6.04 Å². The minimum absolute atomic E-state index is 0.490. The van der Waals surface area contributed by atoms with Crippen LogP contribution < -0.4 is 10.6 Å². The molecule has 1 aromatic rings. The Morgan fingerprint density at radius 1 is 1.08 bits per heavy atom. The maximum absolute atomic E-state index is 4.78. The summed E-state index contributed by atoms with van der Waals surface area (Å²) >= 11 is 0. The van der Waals surface area contributed by atoms with Crippen LogP contribution in [0, 0.1) is 0 Å². The second-order valence-electron chi connectivity index (χ2n) is 6.39. The zero-order valence-electron chi connectivity index (χ0n) is 15.5. The van der Waals surface area contributed by atoms with Crippen LogP contribution in [0.1, 0.15) is 20.8 Å². The lowest BCUT2D eigenvalue weighted by Gasteiger charge is -2.37. The van der Waals surface area contributed by atoms with Crippen LogP contribution in [0.15, 0.2) is 29.5 Å². The number of likely N-dealkylation sites (N-methyl/N-ethyl adjacent to an activating group) is 1. The van der Waals surface area contributed by atoms with Gasteiger partial charge in [0.15, 0.2) is 5.96 Å². The molecule has 1 unspecified atom stereocenters. The predicted octanol–water partition coefficient (Wildman–Crippen LogP) is 1.07. The van der Waals surface area contributed by atoms with Crippen LogP contribution in [0.2, 0.25) is 0 Å². The summed E-state index contributed by atoms with van der Waals surface area (Å²) in [5.41, 5.74) is 0. The van der Waals surface area contributed by atoms with Gasteiger partial charge < -0.3 is 20.1 Å². The Bertz CT molecular complexity index is 462. The molecule has 0 spiro atoms. The number of nitrogens with zero attached hydrogens (tertiary/aromatic N) is 4. The van der Waals surface area contributed by atoms with Gasteiger partial charge in [0.1, 0.15) is 0 Å². The first-order chi connectivity index (χ1) is 11.7. The van der Waals surface area contributed by atoms with Gasteiger partial charge in [-0.3, -0.25) is 9.89 Å². The molecule has 1 aliphatic heterocycles. The van der Waals surface area contributed by atoms with Crippen LogP contribution in [-0.2, 0) is 6.54 Å². The lowest BCUT2D eigenvalue weighted by molar-refractivity contribution is 0.109. The highest BCUT2D eigenvalue weighted by Crippen LogP contribution is 2.06. The summed E-state index contributed by atoms with van der Waals surface area (Å²) in [5.74, 6) is 0.920. The molecule has 1 aromatic heterocycles. The van der Waals surface area contributed by atoms with E-state index in [-0.39, 0.29) is 0 Å². The third-order valence-electron chi connectivity index (χ3n) is 4.66. The Morgan fingerprint density at radius 3 is 2.42 bits per heavy atom. The molecule has 2 N–H and O–H groups in total. The third kappa shape index (κ3) is 6.17. The van der Waals surface area contributed by atoms with Crippen LogP contribution in [-0.4, -0.2) is 78.7 Å². The minimum Gasteiger partial charge on any atom is -0.357 e. The smallest absolute Gasteiger partial charge is 0.191 e. The largest absolute Gasteiger partial charge is 0.357 e. The lowest BCUT2D eigenvalue weighted by atomic mass is 10.2. The van der Waals surface area contributed by atoms with Gasteiger partial charge in [0.05, 0.1) is 6.54 Å². The van der Waals surface area contributed by atoms with E-state index in [1.165, 1.54) is 13.1 Å². The van der Waals surface area contributed by atoms with Crippen LogP contribution in [0.4, 0.5) is 0 Å². The van der Waals surface area contributed by atoms with E-state index >= 15 is 0 Å². The number of aromatic nitrogens is 1. The average Bonchev–Trinajstić information content (AvgIpc) is 3.13. The molecule has 24 heavy (non-hydrogen) atoms. The van der Waals surface area contributed by atoms with Crippen molar-refractivity contribution in [1.82, 2.24) is 25.0 Å². The molecule has 2 rings (SSSR count). The summed E-state index contributed by atoms with van der Waals surface area (Å²) in [6.07, 6.45) is 4.17. The van der Waals surface area contributed by atoms with Crippen LogP contribution in [0.25, 0.3) is 0 Å². The van der Waals surface area contributed by atoms with Gasteiger partial charge in [0, 0.05) is 64.2 Å². The van der Waals surface area contributed by atoms with Crippen LogP contribution in [0.5, 0.6) is 0 Å². The summed E-state index contributed by atoms with van der Waals surface area (Å²) in [7, 11) is 0. The SMILES string of the molecule is CCNC(=NCC(C)N1CCN(CC)CC1)NCCn1cccc1. The summed E-state index contributed by atoms with van der Waals surface area (Å²) in [5, 5.41) is 6.76. The molecule has 0 amide bonds. The Hall–Kier alpha value is -1.53. The van der Waals surface area contributed by atoms with E-state index in [0.717, 1.165) is 51.8 Å². The third-order valence-corrected chi connectivity index (χ3v) is 4.66. The Labute approximate surface area is 146 Å². The van der Waals surface area contributed by atoms with Crippen LogP contribution in [0.3, 0.4) is 0 Å². The normalized spacial score (nSPS) is 18.5. The Kier molecular flexibility index (Phi) is 8.12. The van der Waals surface area contributed by atoms with Crippen molar-refractivity contribution in [2.75, 3.05) is 52.4 Å². The molecule has 0 bridgehead atoms. The van der Waals surface area contributed by atoms with Gasteiger partial charge >= 0.3 is 0 Å². The predicted molar refractivity (Wildman–Crippen MR) is 102 cm³/mol. The molecule has 1 fully saturated rings. The second kappa shape index (κ2) is 10.4. The van der Waals surface area contributed by atoms with Gasteiger partial charge in [-0.1, -0.05) is 6.92 Å². The summed E-state index contributed by atoms with van der Waals surface area (Å²) < 4.78 is 2.17. The number of nitrogens with one attached hydrogen (secondary N) is 2. The van der Waals surface area contributed by atoms with E-state index in [1.807, 2.05) is 0 Å². The van der Waals surface area contributed by atoms with Gasteiger partial charge in [-0.2, -0.15) is 0 Å². The van der Waals surface area contributed by atoms with Crippen LogP contribution >= 0.6 is 0 Å². The van der Waals surface area contributed by atoms with Crippen molar-refractivity contribution in [3.63, 3.8) is 0 Å². The number of rotatable bonds is 8. The number of piperazine rings is 1. The number of hydrogen-bond donors (Lipinski definition) is 2. The van der Waals surface area contributed by atoms with Crippen molar-refractivity contribution < 1.29 is 0 Å². The fraction of sp³-hybridized carbons (Fsp3) is 0.722. The van der Waals surface area contributed by atoms with Gasteiger partial charge in [-0.05, 0) is 32.5 Å². The summed E-state index contributed by atoms with van der Waals surface area (Å²) in [6.45, 7) is 16.0. The molecule has 1 atom stereocenters. The summed E-state index contributed by atoms with van der Waals surface area (Å²) in [6, 6.07) is 4.60. The molecule has 0 aromatic carbocycles. The van der Waals surface area contributed by atoms with Crippen molar-refractivity contribution in [2.24, 2.45) is 4.99 Å². The molecular weight excluding hydrogens is 300 g/mol. The molecule has 0 saturated carbocycles. The Morgan fingerprint density at radius 2 is 1.79 bits per heavy atom. The molecule has 6 nitrogen and oxygen atoms in total. The standard InChI is InChI=1S/C18H34N6/c1-4-19-18(20-8-11-23-9-6-7-10-23)21-16-17(3)24-14-12-22(5-2)13-15-24/h6-7,9-10,17H,4-5,8,11-16H2,1-3H3,(H2,19,20,21). The molecule has 136 valence electrons. The summed E-state index contributed by atoms with van der Waals surface area (Å²) in [4.78, 5) is 9.84. The molecule has 0 radical (unpaired) electrons. The van der Waals surface area contributed by atoms with Crippen molar-refractivity contribution in [2.45, 2.75) is 33.4 Å². The van der Waals surface area contributed by atoms with E-state index in [1.54, 1.807) is 0 Å². The quantitative estimate of drug-likeness (QED) is 0.551. The van der Waals surface area contributed by atoms with Crippen molar-refractivity contribution in [1.29, 1.82) is 0 Å². The Balaban J connectivity index is 1.74. The first-order valence-corrected chi connectivity index (χ1v) is 9.32. The molecular formula is C18H34N6. The molecule has 6 heteroatoms. The fourth-order valence-corrected chi connectivity index (χ4v) is 3.02. The number of aliphatic imine (C=N–C) groups is 1. The van der Waals surface area contributed by atoms with Crippen molar-refractivity contribution >= 4 is 5.96 Å². The average molecular weight is 335 g/mol. The maximum Gasteiger partial charge on any atom is 0.191 e. The number of guanidine groups is 1. The van der Waals surface area contributed by atoms with E-state index < -0.39 is 0 Å². The first-order valence-electron chi connectivity index (χ1n) is 9.32. The highest BCUT2D eigenvalue weighted by atomic mass is 15.3. The zero-order chi connectivity index (χ0) is 17.2. The minimum atomic E-state index is 0.490. The molecule has 1 saturated heterocycles. The van der Waals surface area contributed by atoms with Gasteiger partial charge in [-0.15, -0.1) is 0 Å². The molecule has 0 aliphatic carbocycles. The topological polar surface area (TPSA) is 47.8 Å².